The van der Waals surface area contributed by atoms with Gasteiger partial charge in [0, 0.05) is 0 Å². The zero-order valence-electron chi connectivity index (χ0n) is 10.0. The Kier molecular flexibility index (Phi) is 4.33. The van der Waals surface area contributed by atoms with Crippen LogP contribution in [0.5, 0.6) is 5.75 Å². The van der Waals surface area contributed by atoms with Crippen molar-refractivity contribution in [3.63, 3.8) is 0 Å². The van der Waals surface area contributed by atoms with Gasteiger partial charge >= 0.3 is 5.97 Å². The maximum Gasteiger partial charge on any atom is 0.335 e. The summed E-state index contributed by atoms with van der Waals surface area (Å²) in [7, 11) is -4.10. The summed E-state index contributed by atoms with van der Waals surface area (Å²) in [5.74, 6) is -1.67. The summed E-state index contributed by atoms with van der Waals surface area (Å²) in [5, 5.41) is 18.5. The Morgan fingerprint density at radius 2 is 1.90 bits per heavy atom. The van der Waals surface area contributed by atoms with E-state index in [9.17, 15) is 18.3 Å². The predicted molar refractivity (Wildman–Crippen MR) is 80.2 cm³/mol. The van der Waals surface area contributed by atoms with Crippen molar-refractivity contribution >= 4 is 56.2 Å². The van der Waals surface area contributed by atoms with E-state index in [0.717, 1.165) is 35.6 Å². The van der Waals surface area contributed by atoms with Gasteiger partial charge in [0.05, 0.1) is 15.6 Å². The molecule has 1 aromatic carbocycles. The maximum absolute atomic E-state index is 12.2. The van der Waals surface area contributed by atoms with Gasteiger partial charge in [0.25, 0.3) is 10.0 Å². The highest BCUT2D eigenvalue weighted by molar-refractivity contribution is 7.93. The van der Waals surface area contributed by atoms with Gasteiger partial charge in [-0.25, -0.2) is 13.2 Å². The highest BCUT2D eigenvalue weighted by atomic mass is 35.5. The number of aromatic hydroxyl groups is 1. The highest BCUT2D eigenvalue weighted by Crippen LogP contribution is 2.36. The molecule has 0 aliphatic heterocycles. The SMILES string of the molecule is O=C(O)c1ccc(O)c(NS(=O)(=O)c2cc(Cl)sc2Cl)c1. The van der Waals surface area contributed by atoms with Crippen molar-refractivity contribution in [1.82, 2.24) is 0 Å². The number of thiophene rings is 1. The van der Waals surface area contributed by atoms with Crippen molar-refractivity contribution in [3.05, 3.63) is 38.5 Å². The van der Waals surface area contributed by atoms with Crippen molar-refractivity contribution in [3.8, 4) is 5.75 Å². The molecule has 0 saturated carbocycles. The molecule has 10 heteroatoms. The zero-order chi connectivity index (χ0) is 15.8. The first-order chi connectivity index (χ1) is 9.70. The number of anilines is 1. The largest absolute Gasteiger partial charge is 0.506 e. The Morgan fingerprint density at radius 1 is 1.24 bits per heavy atom. The molecule has 0 aliphatic carbocycles. The van der Waals surface area contributed by atoms with Crippen LogP contribution in [0.3, 0.4) is 0 Å². The van der Waals surface area contributed by atoms with Gasteiger partial charge in [-0.2, -0.15) is 0 Å². The number of carbonyl (C=O) groups is 1. The third-order valence-electron chi connectivity index (χ3n) is 2.40. The number of rotatable bonds is 4. The second-order valence-corrected chi connectivity index (χ2v) is 7.77. The molecule has 0 saturated heterocycles. The van der Waals surface area contributed by atoms with Crippen LogP contribution in [0.2, 0.25) is 8.67 Å². The first kappa shape index (κ1) is 15.9. The zero-order valence-corrected chi connectivity index (χ0v) is 13.1. The molecule has 0 fully saturated rings. The molecule has 1 aromatic heterocycles. The molecule has 0 radical (unpaired) electrons. The summed E-state index contributed by atoms with van der Waals surface area (Å²) in [6, 6.07) is 4.37. The van der Waals surface area contributed by atoms with E-state index in [0.29, 0.717) is 0 Å². The molecule has 0 atom stereocenters. The second kappa shape index (κ2) is 5.72. The van der Waals surface area contributed by atoms with E-state index in [2.05, 4.69) is 4.72 Å². The summed E-state index contributed by atoms with van der Waals surface area (Å²) in [4.78, 5) is 10.6. The quantitative estimate of drug-likeness (QED) is 0.719. The molecule has 0 aliphatic rings. The number of sulfonamides is 1. The summed E-state index contributed by atoms with van der Waals surface area (Å²) in [6.45, 7) is 0. The Labute approximate surface area is 133 Å². The van der Waals surface area contributed by atoms with E-state index < -0.39 is 21.7 Å². The number of phenols is 1. The molecule has 3 N–H and O–H groups in total. The lowest BCUT2D eigenvalue weighted by Crippen LogP contribution is -2.13. The second-order valence-electron chi connectivity index (χ2n) is 3.83. The number of nitrogens with one attached hydrogen (secondary N) is 1. The fourth-order valence-corrected chi connectivity index (χ4v) is 4.67. The molecular formula is C11H7Cl2NO5S2. The Balaban J connectivity index is 2.43. The van der Waals surface area contributed by atoms with Crippen LogP contribution in [0.4, 0.5) is 5.69 Å². The van der Waals surface area contributed by atoms with Crippen LogP contribution < -0.4 is 4.72 Å². The normalized spacial score (nSPS) is 11.3. The average Bonchev–Trinajstić information content (AvgIpc) is 2.71. The number of benzene rings is 1. The van der Waals surface area contributed by atoms with E-state index in [-0.39, 0.29) is 24.8 Å². The van der Waals surface area contributed by atoms with Gasteiger partial charge < -0.3 is 10.2 Å². The van der Waals surface area contributed by atoms with E-state index in [4.69, 9.17) is 28.3 Å². The molecule has 2 rings (SSSR count). The summed E-state index contributed by atoms with van der Waals surface area (Å²) < 4.78 is 26.5. The number of hydrogen-bond acceptors (Lipinski definition) is 5. The lowest BCUT2D eigenvalue weighted by Gasteiger charge is -2.09. The van der Waals surface area contributed by atoms with Crippen molar-refractivity contribution in [2.24, 2.45) is 0 Å². The maximum atomic E-state index is 12.2. The van der Waals surface area contributed by atoms with Gasteiger partial charge in [-0.05, 0) is 24.3 Å². The third kappa shape index (κ3) is 3.41. The molecule has 1 heterocycles. The summed E-state index contributed by atoms with van der Waals surface area (Å²) >= 11 is 12.3. The summed E-state index contributed by atoms with van der Waals surface area (Å²) in [6.07, 6.45) is 0. The molecule has 0 unspecified atom stereocenters. The number of carboxylic acid groups (broad SMARTS) is 1. The van der Waals surface area contributed by atoms with Crippen molar-refractivity contribution < 1.29 is 23.4 Å². The van der Waals surface area contributed by atoms with Crippen LogP contribution in [0.15, 0.2) is 29.2 Å². The smallest absolute Gasteiger partial charge is 0.335 e. The van der Waals surface area contributed by atoms with Crippen LogP contribution >= 0.6 is 34.5 Å². The molecule has 112 valence electrons. The monoisotopic (exact) mass is 367 g/mol. The minimum atomic E-state index is -4.10. The topological polar surface area (TPSA) is 104 Å². The van der Waals surface area contributed by atoms with Crippen LogP contribution in [0.25, 0.3) is 0 Å². The Morgan fingerprint density at radius 3 is 2.43 bits per heavy atom. The van der Waals surface area contributed by atoms with Crippen molar-refractivity contribution in [2.45, 2.75) is 4.90 Å². The lowest BCUT2D eigenvalue weighted by atomic mass is 10.2. The number of halogens is 2. The van der Waals surface area contributed by atoms with E-state index >= 15 is 0 Å². The highest BCUT2D eigenvalue weighted by Gasteiger charge is 2.22. The molecule has 2 aromatic rings. The lowest BCUT2D eigenvalue weighted by molar-refractivity contribution is 0.0697. The van der Waals surface area contributed by atoms with Gasteiger partial charge in [-0.3, -0.25) is 4.72 Å². The van der Waals surface area contributed by atoms with E-state index in [1.807, 2.05) is 0 Å². The van der Waals surface area contributed by atoms with E-state index in [1.54, 1.807) is 0 Å². The van der Waals surface area contributed by atoms with Crippen LogP contribution in [-0.4, -0.2) is 24.6 Å². The van der Waals surface area contributed by atoms with Gasteiger partial charge in [0.2, 0.25) is 0 Å². The van der Waals surface area contributed by atoms with Crippen LogP contribution in [0, 0.1) is 0 Å². The van der Waals surface area contributed by atoms with Crippen molar-refractivity contribution in [2.75, 3.05) is 4.72 Å². The van der Waals surface area contributed by atoms with Gasteiger partial charge in [-0.15, -0.1) is 11.3 Å². The Hall–Kier alpha value is -1.48. The number of aromatic carboxylic acids is 1. The number of carboxylic acids is 1. The first-order valence-corrected chi connectivity index (χ1v) is 8.30. The van der Waals surface area contributed by atoms with Gasteiger partial charge in [0.15, 0.2) is 0 Å². The molecular weight excluding hydrogens is 361 g/mol. The standard InChI is InChI=1S/C11H7Cl2NO5S2/c12-9-4-8(10(13)20-9)21(18,19)14-6-3-5(11(16)17)1-2-7(6)15/h1-4,14-15H,(H,16,17). The van der Waals surface area contributed by atoms with E-state index in [1.165, 1.54) is 0 Å². The van der Waals surface area contributed by atoms with Crippen LogP contribution in [-0.2, 0) is 10.0 Å². The number of hydrogen-bond donors (Lipinski definition) is 3. The minimum Gasteiger partial charge on any atom is -0.506 e. The Bertz CT molecular complexity index is 816. The fraction of sp³-hybridized carbons (Fsp3) is 0. The average molecular weight is 368 g/mol. The molecule has 6 nitrogen and oxygen atoms in total. The first-order valence-electron chi connectivity index (χ1n) is 5.24. The molecule has 0 spiro atoms. The predicted octanol–water partition coefficient (Wildman–Crippen LogP) is 3.26. The van der Waals surface area contributed by atoms with Gasteiger partial charge in [0.1, 0.15) is 15.0 Å². The molecule has 0 amide bonds. The summed E-state index contributed by atoms with van der Waals surface area (Å²) in [5.41, 5.74) is -0.451. The van der Waals surface area contributed by atoms with Gasteiger partial charge in [-0.1, -0.05) is 23.2 Å². The van der Waals surface area contributed by atoms with Crippen molar-refractivity contribution in [1.29, 1.82) is 0 Å². The third-order valence-corrected chi connectivity index (χ3v) is 5.52. The fourth-order valence-electron chi connectivity index (χ4n) is 1.46. The van der Waals surface area contributed by atoms with Crippen LogP contribution in [0.1, 0.15) is 10.4 Å². The molecule has 0 bridgehead atoms. The minimum absolute atomic E-state index is 0.0404. The molecule has 21 heavy (non-hydrogen) atoms. The number of phenolic OH excluding ortho intramolecular Hbond substituents is 1.